The lowest BCUT2D eigenvalue weighted by molar-refractivity contribution is -0.113. The van der Waals surface area contributed by atoms with Crippen molar-refractivity contribution in [1.29, 1.82) is 0 Å². The molecular weight excluding hydrogens is 270 g/mol. The molecule has 1 amide bonds. The molecule has 94 valence electrons. The molecular formula is C12H12ClN3OS. The Morgan fingerprint density at radius 3 is 2.50 bits per heavy atom. The fourth-order valence-corrected chi connectivity index (χ4v) is 2.03. The van der Waals surface area contributed by atoms with Gasteiger partial charge >= 0.3 is 0 Å². The van der Waals surface area contributed by atoms with Gasteiger partial charge in [-0.3, -0.25) is 9.69 Å². The van der Waals surface area contributed by atoms with Crippen LogP contribution in [0.4, 0.5) is 5.69 Å². The van der Waals surface area contributed by atoms with Crippen LogP contribution in [0, 0.1) is 0 Å². The lowest BCUT2D eigenvalue weighted by Crippen LogP contribution is -2.30. The van der Waals surface area contributed by atoms with E-state index in [0.29, 0.717) is 21.5 Å². The number of halogens is 1. The fourth-order valence-electron chi connectivity index (χ4n) is 1.61. The first-order valence-corrected chi connectivity index (χ1v) is 6.07. The van der Waals surface area contributed by atoms with E-state index < -0.39 is 0 Å². The Balaban J connectivity index is 2.32. The summed E-state index contributed by atoms with van der Waals surface area (Å²) in [5, 5.41) is 3.88. The minimum absolute atomic E-state index is 0.170. The number of nitrogens with one attached hydrogen (secondary N) is 1. The maximum atomic E-state index is 12.2. The van der Waals surface area contributed by atoms with Crippen molar-refractivity contribution in [3.8, 4) is 0 Å². The maximum absolute atomic E-state index is 12.2. The van der Waals surface area contributed by atoms with Crippen molar-refractivity contribution >= 4 is 40.5 Å². The molecule has 1 N–H and O–H groups in total. The Morgan fingerprint density at radius 1 is 1.33 bits per heavy atom. The summed E-state index contributed by atoms with van der Waals surface area (Å²) in [7, 11) is 3.69. The summed E-state index contributed by atoms with van der Waals surface area (Å²) in [6.45, 7) is 0. The molecule has 1 aliphatic rings. The zero-order valence-electron chi connectivity index (χ0n) is 9.98. The average molecular weight is 282 g/mol. The van der Waals surface area contributed by atoms with Crippen molar-refractivity contribution in [3.63, 3.8) is 0 Å². The highest BCUT2D eigenvalue weighted by atomic mass is 35.5. The lowest BCUT2D eigenvalue weighted by Gasteiger charge is -2.13. The summed E-state index contributed by atoms with van der Waals surface area (Å²) in [6.07, 6.45) is 1.70. The zero-order chi connectivity index (χ0) is 13.3. The Kier molecular flexibility index (Phi) is 3.54. The number of amides is 1. The predicted octanol–water partition coefficient (Wildman–Crippen LogP) is 1.96. The number of carbonyl (C=O) groups is 1. The van der Waals surface area contributed by atoms with Crippen molar-refractivity contribution in [2.24, 2.45) is 0 Å². The van der Waals surface area contributed by atoms with E-state index in [1.165, 1.54) is 4.90 Å². The molecule has 1 heterocycles. The molecule has 0 radical (unpaired) electrons. The van der Waals surface area contributed by atoms with Crippen molar-refractivity contribution in [2.45, 2.75) is 0 Å². The summed E-state index contributed by atoms with van der Waals surface area (Å²) in [4.78, 5) is 15.4. The van der Waals surface area contributed by atoms with Gasteiger partial charge in [-0.05, 0) is 36.5 Å². The number of nitrogens with zero attached hydrogens (tertiary/aromatic N) is 2. The highest BCUT2D eigenvalue weighted by Crippen LogP contribution is 2.23. The molecule has 0 aromatic heterocycles. The van der Waals surface area contributed by atoms with Gasteiger partial charge in [-0.15, -0.1) is 0 Å². The Labute approximate surface area is 116 Å². The number of hydrogen-bond acceptors (Lipinski definition) is 3. The molecule has 2 rings (SSSR count). The smallest absolute Gasteiger partial charge is 0.282 e. The Hall–Kier alpha value is -1.59. The minimum atomic E-state index is -0.170. The lowest BCUT2D eigenvalue weighted by atomic mass is 10.3. The van der Waals surface area contributed by atoms with Gasteiger partial charge in [0, 0.05) is 25.3 Å². The molecule has 0 aliphatic carbocycles. The maximum Gasteiger partial charge on any atom is 0.282 e. The van der Waals surface area contributed by atoms with Crippen molar-refractivity contribution in [1.82, 2.24) is 10.2 Å². The molecule has 0 unspecified atom stereocenters. The van der Waals surface area contributed by atoms with E-state index in [1.54, 1.807) is 35.4 Å². The van der Waals surface area contributed by atoms with Crippen LogP contribution >= 0.6 is 23.8 Å². The molecule has 0 bridgehead atoms. The fraction of sp³-hybridized carbons (Fsp3) is 0.167. The standard InChI is InChI=1S/C12H12ClN3OS/c1-15(2)7-10-11(17)16(12(18)14-10)9-5-3-8(13)4-6-9/h3-7H,1-2H3,(H,14,18)/b10-7-. The van der Waals surface area contributed by atoms with E-state index in [9.17, 15) is 4.79 Å². The van der Waals surface area contributed by atoms with E-state index in [4.69, 9.17) is 23.8 Å². The first-order valence-electron chi connectivity index (χ1n) is 5.28. The van der Waals surface area contributed by atoms with E-state index in [1.807, 2.05) is 14.1 Å². The monoisotopic (exact) mass is 281 g/mol. The molecule has 0 atom stereocenters. The van der Waals surface area contributed by atoms with Crippen molar-refractivity contribution in [3.05, 3.63) is 41.2 Å². The summed E-state index contributed by atoms with van der Waals surface area (Å²) in [5.41, 5.74) is 1.16. The van der Waals surface area contributed by atoms with Crippen LogP contribution in [0.25, 0.3) is 0 Å². The van der Waals surface area contributed by atoms with Gasteiger partial charge < -0.3 is 10.2 Å². The van der Waals surface area contributed by atoms with Crippen LogP contribution in [-0.2, 0) is 4.79 Å². The second-order valence-corrected chi connectivity index (χ2v) is 4.88. The number of anilines is 1. The van der Waals surface area contributed by atoms with Crippen LogP contribution in [-0.4, -0.2) is 30.0 Å². The highest BCUT2D eigenvalue weighted by Gasteiger charge is 2.31. The van der Waals surface area contributed by atoms with E-state index >= 15 is 0 Å². The molecule has 0 spiro atoms. The topological polar surface area (TPSA) is 35.6 Å². The van der Waals surface area contributed by atoms with Crippen LogP contribution in [0.1, 0.15) is 0 Å². The molecule has 1 aromatic carbocycles. The molecule has 1 fully saturated rings. The third-order valence-corrected chi connectivity index (χ3v) is 2.89. The van der Waals surface area contributed by atoms with E-state index in [-0.39, 0.29) is 5.91 Å². The van der Waals surface area contributed by atoms with Gasteiger partial charge in [0.1, 0.15) is 5.70 Å². The van der Waals surface area contributed by atoms with Crippen molar-refractivity contribution in [2.75, 3.05) is 19.0 Å². The number of thiocarbonyl (C=S) groups is 1. The first-order chi connectivity index (χ1) is 8.49. The van der Waals surface area contributed by atoms with Crippen LogP contribution in [0.15, 0.2) is 36.2 Å². The molecule has 1 aromatic rings. The molecule has 1 aliphatic heterocycles. The number of rotatable bonds is 2. The average Bonchev–Trinajstić information content (AvgIpc) is 2.55. The van der Waals surface area contributed by atoms with Gasteiger partial charge in [-0.1, -0.05) is 11.6 Å². The Morgan fingerprint density at radius 2 is 1.94 bits per heavy atom. The summed E-state index contributed by atoms with van der Waals surface area (Å²) >= 11 is 11.0. The second kappa shape index (κ2) is 4.96. The predicted molar refractivity (Wildman–Crippen MR) is 76.4 cm³/mol. The van der Waals surface area contributed by atoms with Gasteiger partial charge in [0.05, 0.1) is 5.69 Å². The Bertz CT molecular complexity index is 525. The highest BCUT2D eigenvalue weighted by molar-refractivity contribution is 7.80. The normalized spacial score (nSPS) is 17.3. The molecule has 4 nitrogen and oxygen atoms in total. The third-order valence-electron chi connectivity index (χ3n) is 2.35. The summed E-state index contributed by atoms with van der Waals surface area (Å²) in [5.74, 6) is -0.170. The van der Waals surface area contributed by atoms with Crippen LogP contribution < -0.4 is 10.2 Å². The largest absolute Gasteiger partial charge is 0.382 e. The van der Waals surface area contributed by atoms with Crippen molar-refractivity contribution < 1.29 is 4.79 Å². The van der Waals surface area contributed by atoms with Gasteiger partial charge in [0.15, 0.2) is 5.11 Å². The van der Waals surface area contributed by atoms with E-state index in [0.717, 1.165) is 0 Å². The first kappa shape index (κ1) is 12.9. The molecule has 18 heavy (non-hydrogen) atoms. The molecule has 6 heteroatoms. The SMILES string of the molecule is CN(C)/C=C1\NC(=S)N(c2ccc(Cl)cc2)C1=O. The number of carbonyl (C=O) groups excluding carboxylic acids is 1. The van der Waals surface area contributed by atoms with Gasteiger partial charge in [0.2, 0.25) is 0 Å². The summed E-state index contributed by atoms with van der Waals surface area (Å²) in [6, 6.07) is 6.96. The zero-order valence-corrected chi connectivity index (χ0v) is 11.5. The molecule has 0 saturated carbocycles. The van der Waals surface area contributed by atoms with Crippen LogP contribution in [0.3, 0.4) is 0 Å². The molecule has 1 saturated heterocycles. The van der Waals surface area contributed by atoms with Gasteiger partial charge in [-0.25, -0.2) is 0 Å². The third kappa shape index (κ3) is 2.47. The van der Waals surface area contributed by atoms with Crippen LogP contribution in [0.2, 0.25) is 5.02 Å². The summed E-state index contributed by atoms with van der Waals surface area (Å²) < 4.78 is 0. The second-order valence-electron chi connectivity index (χ2n) is 4.05. The van der Waals surface area contributed by atoms with E-state index in [2.05, 4.69) is 5.32 Å². The van der Waals surface area contributed by atoms with Gasteiger partial charge in [0.25, 0.3) is 5.91 Å². The number of hydrogen-bond donors (Lipinski definition) is 1. The minimum Gasteiger partial charge on any atom is -0.382 e. The quantitative estimate of drug-likeness (QED) is 0.664. The van der Waals surface area contributed by atoms with Crippen LogP contribution in [0.5, 0.6) is 0 Å². The van der Waals surface area contributed by atoms with Gasteiger partial charge in [-0.2, -0.15) is 0 Å². The number of benzene rings is 1.